The van der Waals surface area contributed by atoms with E-state index >= 15 is 0 Å². The van der Waals surface area contributed by atoms with Gasteiger partial charge in [0.15, 0.2) is 0 Å². The van der Waals surface area contributed by atoms with E-state index in [0.29, 0.717) is 5.57 Å². The minimum absolute atomic E-state index is 0.155. The smallest absolute Gasteiger partial charge is 0.333 e. The summed E-state index contributed by atoms with van der Waals surface area (Å²) in [5, 5.41) is -0.484. The van der Waals surface area contributed by atoms with Crippen molar-refractivity contribution in [3.63, 3.8) is 0 Å². The third-order valence-electron chi connectivity index (χ3n) is 3.58. The molecule has 3 nitrogen and oxygen atoms in total. The molecule has 18 heavy (non-hydrogen) atoms. The van der Waals surface area contributed by atoms with Gasteiger partial charge in [0.1, 0.15) is 5.22 Å². The van der Waals surface area contributed by atoms with Crippen LogP contribution in [-0.4, -0.2) is 25.8 Å². The molecule has 0 aliphatic carbocycles. The van der Waals surface area contributed by atoms with E-state index in [1.807, 2.05) is 13.8 Å². The number of hydrogen-bond acceptors (Lipinski definition) is 3. The normalized spacial score (nSPS) is 16.8. The quantitative estimate of drug-likeness (QED) is 0.405. The first-order chi connectivity index (χ1) is 8.08. The lowest BCUT2D eigenvalue weighted by Crippen LogP contribution is -2.50. The molecule has 0 amide bonds. The van der Waals surface area contributed by atoms with E-state index in [2.05, 4.69) is 33.9 Å². The number of hydrogen-bond donors (Lipinski definition) is 0. The highest BCUT2D eigenvalue weighted by atomic mass is 28.3. The summed E-state index contributed by atoms with van der Waals surface area (Å²) in [5.41, 5.74) is 0.281. The molecule has 4 heteroatoms. The SMILES string of the molecule is C=C(C)C(=O)OC(C)(CC)[SiH](C)OC(C)(C)CC. The molecule has 0 saturated carbocycles. The molecule has 106 valence electrons. The van der Waals surface area contributed by atoms with Crippen LogP contribution >= 0.6 is 0 Å². The largest absolute Gasteiger partial charge is 0.457 e. The van der Waals surface area contributed by atoms with Gasteiger partial charge in [0.2, 0.25) is 9.04 Å². The van der Waals surface area contributed by atoms with Crippen molar-refractivity contribution in [1.29, 1.82) is 0 Å². The van der Waals surface area contributed by atoms with Gasteiger partial charge in [-0.2, -0.15) is 0 Å². The van der Waals surface area contributed by atoms with Crippen molar-refractivity contribution in [3.05, 3.63) is 12.2 Å². The fraction of sp³-hybridized carbons (Fsp3) is 0.786. The molecule has 0 heterocycles. The minimum atomic E-state index is -1.66. The van der Waals surface area contributed by atoms with Crippen LogP contribution in [0.25, 0.3) is 0 Å². The Balaban J connectivity index is 4.83. The van der Waals surface area contributed by atoms with Gasteiger partial charge in [-0.1, -0.05) is 20.4 Å². The van der Waals surface area contributed by atoms with Gasteiger partial charge >= 0.3 is 5.97 Å². The number of ether oxygens (including phenoxy) is 1. The number of carbonyl (C=O) groups is 1. The van der Waals surface area contributed by atoms with Crippen LogP contribution in [0.2, 0.25) is 6.55 Å². The van der Waals surface area contributed by atoms with E-state index in [1.54, 1.807) is 6.92 Å². The van der Waals surface area contributed by atoms with E-state index in [0.717, 1.165) is 12.8 Å². The first-order valence-corrected chi connectivity index (χ1v) is 8.85. The second-order valence-corrected chi connectivity index (χ2v) is 8.45. The molecule has 0 spiro atoms. The van der Waals surface area contributed by atoms with Crippen LogP contribution in [0, 0.1) is 0 Å². The van der Waals surface area contributed by atoms with Gasteiger partial charge in [-0.3, -0.25) is 0 Å². The van der Waals surface area contributed by atoms with E-state index in [9.17, 15) is 4.79 Å². The van der Waals surface area contributed by atoms with Gasteiger partial charge in [0.25, 0.3) is 0 Å². The molecule has 0 aliphatic heterocycles. The molecular formula is C14H28O3Si. The van der Waals surface area contributed by atoms with Crippen molar-refractivity contribution in [2.75, 3.05) is 0 Å². The van der Waals surface area contributed by atoms with E-state index in [-0.39, 0.29) is 11.6 Å². The lowest BCUT2D eigenvalue weighted by molar-refractivity contribution is -0.148. The second-order valence-electron chi connectivity index (χ2n) is 5.71. The Kier molecular flexibility index (Phi) is 6.30. The Labute approximate surface area is 113 Å². The van der Waals surface area contributed by atoms with Crippen molar-refractivity contribution in [2.24, 2.45) is 0 Å². The highest BCUT2D eigenvalue weighted by Gasteiger charge is 2.39. The summed E-state index contributed by atoms with van der Waals surface area (Å²) >= 11 is 0. The summed E-state index contributed by atoms with van der Waals surface area (Å²) in [6.07, 6.45) is 1.71. The predicted molar refractivity (Wildman–Crippen MR) is 78.1 cm³/mol. The average Bonchev–Trinajstić information content (AvgIpc) is 2.27. The highest BCUT2D eigenvalue weighted by Crippen LogP contribution is 2.26. The van der Waals surface area contributed by atoms with Crippen molar-refractivity contribution >= 4 is 15.0 Å². The third-order valence-corrected chi connectivity index (χ3v) is 6.82. The zero-order valence-corrected chi connectivity index (χ0v) is 14.1. The summed E-state index contributed by atoms with van der Waals surface area (Å²) in [6, 6.07) is 0. The summed E-state index contributed by atoms with van der Waals surface area (Å²) in [7, 11) is -1.66. The Bertz CT molecular complexity index is 312. The highest BCUT2D eigenvalue weighted by molar-refractivity contribution is 6.54. The Morgan fingerprint density at radius 2 is 1.72 bits per heavy atom. The molecule has 0 aromatic heterocycles. The van der Waals surface area contributed by atoms with Crippen LogP contribution in [-0.2, 0) is 14.0 Å². The molecule has 0 N–H and O–H groups in total. The molecule has 2 atom stereocenters. The fourth-order valence-corrected chi connectivity index (χ4v) is 3.65. The maximum absolute atomic E-state index is 11.7. The first kappa shape index (κ1) is 17.4. The van der Waals surface area contributed by atoms with Crippen molar-refractivity contribution in [1.82, 2.24) is 0 Å². The molecule has 0 bridgehead atoms. The Morgan fingerprint density at radius 1 is 1.22 bits per heavy atom. The van der Waals surface area contributed by atoms with Gasteiger partial charge in [-0.15, -0.1) is 0 Å². The van der Waals surface area contributed by atoms with Crippen LogP contribution in [0.15, 0.2) is 12.2 Å². The molecule has 0 aliphatic rings. The number of rotatable bonds is 7. The first-order valence-electron chi connectivity index (χ1n) is 6.64. The van der Waals surface area contributed by atoms with Crippen molar-refractivity contribution < 1.29 is 14.0 Å². The number of esters is 1. The fourth-order valence-electron chi connectivity index (χ4n) is 1.43. The van der Waals surface area contributed by atoms with Crippen LogP contribution in [0.3, 0.4) is 0 Å². The lowest BCUT2D eigenvalue weighted by atomic mass is 10.1. The molecule has 0 radical (unpaired) electrons. The Morgan fingerprint density at radius 3 is 2.06 bits per heavy atom. The minimum Gasteiger partial charge on any atom is -0.457 e. The second kappa shape index (κ2) is 6.52. The van der Waals surface area contributed by atoms with Gasteiger partial charge < -0.3 is 9.16 Å². The molecule has 2 unspecified atom stereocenters. The van der Waals surface area contributed by atoms with Crippen LogP contribution in [0.4, 0.5) is 0 Å². The zero-order chi connectivity index (χ0) is 14.6. The van der Waals surface area contributed by atoms with E-state index in [4.69, 9.17) is 9.16 Å². The zero-order valence-electron chi connectivity index (χ0n) is 12.9. The predicted octanol–water partition coefficient (Wildman–Crippen LogP) is 3.37. The molecule has 0 aromatic rings. The van der Waals surface area contributed by atoms with Gasteiger partial charge in [-0.05, 0) is 47.1 Å². The van der Waals surface area contributed by atoms with Crippen LogP contribution < -0.4 is 0 Å². The topological polar surface area (TPSA) is 35.5 Å². The van der Waals surface area contributed by atoms with E-state index < -0.39 is 14.3 Å². The molecule has 0 fully saturated rings. The third kappa shape index (κ3) is 4.94. The molecule has 0 aromatic carbocycles. The van der Waals surface area contributed by atoms with Crippen molar-refractivity contribution in [3.8, 4) is 0 Å². The molecule has 0 rings (SSSR count). The van der Waals surface area contributed by atoms with Crippen LogP contribution in [0.1, 0.15) is 54.4 Å². The van der Waals surface area contributed by atoms with Crippen LogP contribution in [0.5, 0.6) is 0 Å². The number of carbonyl (C=O) groups excluding carboxylic acids is 1. The van der Waals surface area contributed by atoms with E-state index in [1.165, 1.54) is 0 Å². The lowest BCUT2D eigenvalue weighted by Gasteiger charge is -2.38. The summed E-state index contributed by atoms with van der Waals surface area (Å²) in [4.78, 5) is 11.7. The summed E-state index contributed by atoms with van der Waals surface area (Å²) in [5.74, 6) is -0.323. The average molecular weight is 272 g/mol. The van der Waals surface area contributed by atoms with Crippen molar-refractivity contribution in [2.45, 2.75) is 71.8 Å². The maximum atomic E-state index is 11.7. The van der Waals surface area contributed by atoms with Gasteiger partial charge in [0, 0.05) is 5.57 Å². The summed E-state index contributed by atoms with van der Waals surface area (Å²) in [6.45, 7) is 17.6. The Hall–Kier alpha value is -0.613. The van der Waals surface area contributed by atoms with Gasteiger partial charge in [0.05, 0.1) is 5.60 Å². The molecular weight excluding hydrogens is 244 g/mol. The monoisotopic (exact) mass is 272 g/mol. The molecule has 0 saturated heterocycles. The standard InChI is InChI=1S/C14H28O3Si/c1-9-13(5,6)17-18(8)14(7,10-2)16-12(15)11(3)4/h18H,3,9-10H2,1-2,4-8H3. The summed E-state index contributed by atoms with van der Waals surface area (Å²) < 4.78 is 11.8. The maximum Gasteiger partial charge on any atom is 0.333 e. The van der Waals surface area contributed by atoms with Gasteiger partial charge in [-0.25, -0.2) is 4.79 Å².